The van der Waals surface area contributed by atoms with Crippen molar-refractivity contribution in [2.24, 2.45) is 9.98 Å². The van der Waals surface area contributed by atoms with Gasteiger partial charge in [-0.25, -0.2) is 0 Å². The van der Waals surface area contributed by atoms with Crippen molar-refractivity contribution < 1.29 is 0 Å². The van der Waals surface area contributed by atoms with Crippen molar-refractivity contribution in [3.63, 3.8) is 0 Å². The molecule has 0 fully saturated rings. The maximum Gasteiger partial charge on any atom is 0.0998 e. The minimum absolute atomic E-state index is 0.533. The van der Waals surface area contributed by atoms with E-state index in [1.165, 1.54) is 0 Å². The highest BCUT2D eigenvalue weighted by Gasteiger charge is 1.97. The van der Waals surface area contributed by atoms with Crippen LogP contribution in [0, 0.1) is 22.7 Å². The van der Waals surface area contributed by atoms with Crippen LogP contribution in [0.25, 0.3) is 0 Å². The van der Waals surface area contributed by atoms with Crippen molar-refractivity contribution >= 4 is 12.4 Å². The first kappa shape index (κ1) is 15.2. The number of rotatable bonds is 5. The molecule has 2 rings (SSSR count). The Hall–Kier alpha value is -3.24. The molecule has 0 unspecified atom stereocenters. The summed E-state index contributed by atoms with van der Waals surface area (Å²) in [6.45, 7) is 1.07. The zero-order valence-electron chi connectivity index (χ0n) is 12.0. The molecular formula is C18H14N4. The summed E-state index contributed by atoms with van der Waals surface area (Å²) < 4.78 is 0. The highest BCUT2D eigenvalue weighted by atomic mass is 14.8. The molecule has 0 heterocycles. The van der Waals surface area contributed by atoms with Gasteiger partial charge in [-0.15, -0.1) is 0 Å². The Morgan fingerprint density at radius 3 is 1.55 bits per heavy atom. The van der Waals surface area contributed by atoms with Crippen LogP contribution in [0.2, 0.25) is 0 Å². The molecule has 0 spiro atoms. The third kappa shape index (κ3) is 4.13. The quantitative estimate of drug-likeness (QED) is 0.626. The summed E-state index contributed by atoms with van der Waals surface area (Å²) in [6.07, 6.45) is 3.38. The molecule has 106 valence electrons. The number of hydrogen-bond acceptors (Lipinski definition) is 4. The predicted molar refractivity (Wildman–Crippen MR) is 87.2 cm³/mol. The van der Waals surface area contributed by atoms with Gasteiger partial charge in [-0.1, -0.05) is 36.4 Å². The van der Waals surface area contributed by atoms with Crippen molar-refractivity contribution in [3.05, 3.63) is 70.8 Å². The summed E-state index contributed by atoms with van der Waals surface area (Å²) in [5.74, 6) is 0. The third-order valence-electron chi connectivity index (χ3n) is 2.98. The molecule has 2 aromatic carbocycles. The summed E-state index contributed by atoms with van der Waals surface area (Å²) in [5, 5.41) is 17.9. The molecule has 22 heavy (non-hydrogen) atoms. The van der Waals surface area contributed by atoms with Crippen LogP contribution in [0.3, 0.4) is 0 Å². The van der Waals surface area contributed by atoms with Gasteiger partial charge in [0.1, 0.15) is 0 Å². The second-order valence-corrected chi connectivity index (χ2v) is 4.47. The summed E-state index contributed by atoms with van der Waals surface area (Å²) in [4.78, 5) is 8.54. The monoisotopic (exact) mass is 286 g/mol. The van der Waals surface area contributed by atoms with Gasteiger partial charge in [-0.05, 0) is 12.1 Å². The molecule has 0 N–H and O–H groups in total. The smallest absolute Gasteiger partial charge is 0.0998 e. The van der Waals surface area contributed by atoms with E-state index in [-0.39, 0.29) is 0 Å². The van der Waals surface area contributed by atoms with Gasteiger partial charge in [-0.3, -0.25) is 9.98 Å². The fourth-order valence-electron chi connectivity index (χ4n) is 1.86. The highest BCUT2D eigenvalue weighted by Crippen LogP contribution is 2.05. The number of benzene rings is 2. The maximum atomic E-state index is 8.97. The molecular weight excluding hydrogens is 272 g/mol. The van der Waals surface area contributed by atoms with E-state index in [4.69, 9.17) is 10.5 Å². The Balaban J connectivity index is 1.90. The Bertz CT molecular complexity index is 709. The standard InChI is InChI=1S/C18H14N4/c19-11-15-5-1-3-7-17(15)13-21-9-10-22-14-18-8-4-2-6-16(18)12-20/h1-8,13-14H,9-10H2/b21-13+,22-14+. The summed E-state index contributed by atoms with van der Waals surface area (Å²) in [5.41, 5.74) is 2.84. The molecule has 2 aromatic rings. The second-order valence-electron chi connectivity index (χ2n) is 4.47. The molecule has 0 saturated carbocycles. The maximum absolute atomic E-state index is 8.97. The van der Waals surface area contributed by atoms with Gasteiger partial charge in [0.25, 0.3) is 0 Å². The lowest BCUT2D eigenvalue weighted by molar-refractivity contribution is 0.985. The van der Waals surface area contributed by atoms with E-state index in [2.05, 4.69) is 22.1 Å². The fourth-order valence-corrected chi connectivity index (χ4v) is 1.86. The Morgan fingerprint density at radius 2 is 1.14 bits per heavy atom. The van der Waals surface area contributed by atoms with Crippen molar-refractivity contribution in [1.82, 2.24) is 0 Å². The minimum atomic E-state index is 0.533. The van der Waals surface area contributed by atoms with Gasteiger partial charge >= 0.3 is 0 Å². The molecule has 0 atom stereocenters. The zero-order chi connectivity index (χ0) is 15.6. The normalized spacial score (nSPS) is 10.6. The summed E-state index contributed by atoms with van der Waals surface area (Å²) in [6, 6.07) is 18.9. The van der Waals surface area contributed by atoms with Crippen LogP contribution >= 0.6 is 0 Å². The van der Waals surface area contributed by atoms with Gasteiger partial charge in [0.15, 0.2) is 0 Å². The Morgan fingerprint density at radius 1 is 0.727 bits per heavy atom. The number of aliphatic imine (C=N–C) groups is 2. The van der Waals surface area contributed by atoms with Crippen LogP contribution in [0.4, 0.5) is 0 Å². The van der Waals surface area contributed by atoms with Crippen LogP contribution in [0.5, 0.6) is 0 Å². The molecule has 0 saturated heterocycles. The lowest BCUT2D eigenvalue weighted by atomic mass is 10.1. The van der Waals surface area contributed by atoms with Crippen molar-refractivity contribution in [3.8, 4) is 12.1 Å². The first-order chi connectivity index (χ1) is 10.8. The number of nitriles is 2. The molecule has 4 heteroatoms. The second kappa shape index (κ2) is 8.14. The van der Waals surface area contributed by atoms with Crippen LogP contribution in [-0.2, 0) is 0 Å². The van der Waals surface area contributed by atoms with E-state index in [1.54, 1.807) is 24.6 Å². The average molecular weight is 286 g/mol. The molecule has 0 bridgehead atoms. The van der Waals surface area contributed by atoms with Crippen molar-refractivity contribution in [1.29, 1.82) is 10.5 Å². The summed E-state index contributed by atoms with van der Waals surface area (Å²) >= 11 is 0. The van der Waals surface area contributed by atoms with Gasteiger partial charge in [0.2, 0.25) is 0 Å². The molecule has 0 radical (unpaired) electrons. The van der Waals surface area contributed by atoms with Gasteiger partial charge in [-0.2, -0.15) is 10.5 Å². The van der Waals surface area contributed by atoms with Gasteiger partial charge in [0, 0.05) is 23.6 Å². The van der Waals surface area contributed by atoms with Crippen LogP contribution in [0.1, 0.15) is 22.3 Å². The van der Waals surface area contributed by atoms with E-state index >= 15 is 0 Å². The average Bonchev–Trinajstić information content (AvgIpc) is 2.58. The predicted octanol–water partition coefficient (Wildman–Crippen LogP) is 2.97. The van der Waals surface area contributed by atoms with E-state index in [1.807, 2.05) is 36.4 Å². The first-order valence-corrected chi connectivity index (χ1v) is 6.83. The van der Waals surface area contributed by atoms with E-state index in [0.29, 0.717) is 24.2 Å². The zero-order valence-corrected chi connectivity index (χ0v) is 12.0. The topological polar surface area (TPSA) is 72.3 Å². The van der Waals surface area contributed by atoms with Crippen LogP contribution in [0.15, 0.2) is 58.5 Å². The first-order valence-electron chi connectivity index (χ1n) is 6.83. The molecule has 0 aliphatic rings. The molecule has 0 aromatic heterocycles. The SMILES string of the molecule is N#Cc1ccccc1/C=N/CC/N=C/c1ccccc1C#N. The number of nitrogens with zero attached hydrogens (tertiary/aromatic N) is 4. The minimum Gasteiger partial charge on any atom is -0.291 e. The molecule has 0 aliphatic heterocycles. The molecule has 0 aliphatic carbocycles. The van der Waals surface area contributed by atoms with E-state index in [9.17, 15) is 0 Å². The lowest BCUT2D eigenvalue weighted by Crippen LogP contribution is -1.93. The van der Waals surface area contributed by atoms with Gasteiger partial charge < -0.3 is 0 Å². The van der Waals surface area contributed by atoms with Crippen molar-refractivity contribution in [2.45, 2.75) is 0 Å². The number of hydrogen-bond donors (Lipinski definition) is 0. The van der Waals surface area contributed by atoms with E-state index < -0.39 is 0 Å². The third-order valence-corrected chi connectivity index (χ3v) is 2.98. The fraction of sp³-hybridized carbons (Fsp3) is 0.111. The Labute approximate surface area is 129 Å². The largest absolute Gasteiger partial charge is 0.291 e. The molecule has 4 nitrogen and oxygen atoms in total. The highest BCUT2D eigenvalue weighted by molar-refractivity contribution is 5.84. The lowest BCUT2D eigenvalue weighted by Gasteiger charge is -1.96. The Kier molecular flexibility index (Phi) is 5.61. The van der Waals surface area contributed by atoms with Crippen molar-refractivity contribution in [2.75, 3.05) is 13.1 Å². The molecule has 0 amide bonds. The van der Waals surface area contributed by atoms with E-state index in [0.717, 1.165) is 11.1 Å². The van der Waals surface area contributed by atoms with Crippen LogP contribution < -0.4 is 0 Å². The van der Waals surface area contributed by atoms with Crippen LogP contribution in [-0.4, -0.2) is 25.5 Å². The summed E-state index contributed by atoms with van der Waals surface area (Å²) in [7, 11) is 0. The van der Waals surface area contributed by atoms with Gasteiger partial charge in [0.05, 0.1) is 36.4 Å².